The first-order valence-electron chi connectivity index (χ1n) is 10.4. The fourth-order valence-corrected chi connectivity index (χ4v) is 4.03. The highest BCUT2D eigenvalue weighted by Gasteiger charge is 2.31. The molecule has 1 saturated heterocycles. The minimum atomic E-state index is -2.68. The lowest BCUT2D eigenvalue weighted by atomic mass is 9.94. The number of carbonyl (C=O) groups excluding carboxylic acids is 2. The molecule has 1 aromatic heterocycles. The summed E-state index contributed by atoms with van der Waals surface area (Å²) in [6.07, 6.45) is 2.45. The van der Waals surface area contributed by atoms with Crippen molar-refractivity contribution in [1.29, 1.82) is 0 Å². The fraction of sp³-hybridized carbons (Fsp3) is 0.391. The minimum Gasteiger partial charge on any atom is -0.355 e. The van der Waals surface area contributed by atoms with Crippen LogP contribution < -0.4 is 10.6 Å². The van der Waals surface area contributed by atoms with Crippen LogP contribution >= 0.6 is 0 Å². The number of H-pyrrole nitrogens is 1. The first-order chi connectivity index (χ1) is 14.8. The Morgan fingerprint density at radius 3 is 2.65 bits per heavy atom. The molecule has 2 aliphatic rings. The molecule has 0 saturated carbocycles. The van der Waals surface area contributed by atoms with Crippen LogP contribution in [0.3, 0.4) is 0 Å². The average Bonchev–Trinajstić information content (AvgIpc) is 3.33. The zero-order valence-corrected chi connectivity index (χ0v) is 16.9. The Bertz CT molecular complexity index is 1010. The van der Waals surface area contributed by atoms with Crippen molar-refractivity contribution < 1.29 is 22.8 Å². The standard InChI is InChI=1S/C23H24F3N3O2/c24-17-4-1-15(2-5-17)21-16(3-6-20(30)28-18-9-12-27-22(18)31)13-19(29-21)14-7-10-23(25,26)11-8-14/h1-2,4-5,7,13,18,29H,3,6,8-12H2,(H,27,31)(H,28,30). The number of rotatable bonds is 6. The van der Waals surface area contributed by atoms with Crippen LogP contribution in [0, 0.1) is 5.82 Å². The molecular formula is C23H24F3N3O2. The van der Waals surface area contributed by atoms with Crippen molar-refractivity contribution in [3.63, 3.8) is 0 Å². The SMILES string of the molecule is O=C(CCc1cc(C2=CCC(F)(F)CC2)[nH]c1-c1ccc(F)cc1)NC1CCNC1=O. The highest BCUT2D eigenvalue weighted by Crippen LogP contribution is 2.37. The van der Waals surface area contributed by atoms with Crippen molar-refractivity contribution in [2.45, 2.75) is 50.5 Å². The summed E-state index contributed by atoms with van der Waals surface area (Å²) >= 11 is 0. The van der Waals surface area contributed by atoms with Gasteiger partial charge >= 0.3 is 0 Å². The number of hydrogen-bond acceptors (Lipinski definition) is 2. The summed E-state index contributed by atoms with van der Waals surface area (Å²) in [5, 5.41) is 5.42. The molecule has 1 aromatic carbocycles. The van der Waals surface area contributed by atoms with E-state index in [4.69, 9.17) is 0 Å². The predicted molar refractivity (Wildman–Crippen MR) is 111 cm³/mol. The molecule has 1 atom stereocenters. The van der Waals surface area contributed by atoms with Gasteiger partial charge in [0.25, 0.3) is 5.92 Å². The van der Waals surface area contributed by atoms with Gasteiger partial charge in [-0.05, 0) is 66.3 Å². The number of amides is 2. The smallest absolute Gasteiger partial charge is 0.251 e. The van der Waals surface area contributed by atoms with Gasteiger partial charge in [0.1, 0.15) is 11.9 Å². The number of nitrogens with one attached hydrogen (secondary N) is 3. The second-order valence-electron chi connectivity index (χ2n) is 8.08. The van der Waals surface area contributed by atoms with Crippen LogP contribution in [-0.4, -0.2) is 35.3 Å². The van der Waals surface area contributed by atoms with Crippen LogP contribution in [0.5, 0.6) is 0 Å². The lowest BCUT2D eigenvalue weighted by Gasteiger charge is -2.20. The molecule has 8 heteroatoms. The van der Waals surface area contributed by atoms with Crippen molar-refractivity contribution >= 4 is 17.4 Å². The number of aromatic amines is 1. The molecule has 4 rings (SSSR count). The second-order valence-corrected chi connectivity index (χ2v) is 8.08. The third kappa shape index (κ3) is 5.00. The van der Waals surface area contributed by atoms with Gasteiger partial charge in [0.05, 0.1) is 0 Å². The summed E-state index contributed by atoms with van der Waals surface area (Å²) in [7, 11) is 0. The molecule has 5 nitrogen and oxygen atoms in total. The molecule has 1 unspecified atom stereocenters. The minimum absolute atomic E-state index is 0.173. The normalized spacial score (nSPS) is 20.3. The Balaban J connectivity index is 1.54. The summed E-state index contributed by atoms with van der Waals surface area (Å²) in [4.78, 5) is 27.3. The van der Waals surface area contributed by atoms with Crippen molar-refractivity contribution in [2.75, 3.05) is 6.54 Å². The van der Waals surface area contributed by atoms with Gasteiger partial charge in [0.15, 0.2) is 0 Å². The summed E-state index contributed by atoms with van der Waals surface area (Å²) in [5.74, 6) is -3.44. The first kappa shape index (κ1) is 21.2. The monoisotopic (exact) mass is 431 g/mol. The molecule has 164 valence electrons. The van der Waals surface area contributed by atoms with Gasteiger partial charge in [-0.25, -0.2) is 13.2 Å². The van der Waals surface area contributed by atoms with E-state index >= 15 is 0 Å². The number of aromatic nitrogens is 1. The van der Waals surface area contributed by atoms with Gasteiger partial charge in [-0.3, -0.25) is 9.59 Å². The van der Waals surface area contributed by atoms with E-state index in [1.807, 2.05) is 6.07 Å². The average molecular weight is 431 g/mol. The zero-order chi connectivity index (χ0) is 22.0. The van der Waals surface area contributed by atoms with Crippen molar-refractivity contribution in [1.82, 2.24) is 15.6 Å². The number of hydrogen-bond donors (Lipinski definition) is 3. The van der Waals surface area contributed by atoms with E-state index < -0.39 is 12.0 Å². The Kier molecular flexibility index (Phi) is 5.89. The van der Waals surface area contributed by atoms with E-state index in [0.717, 1.165) is 28.1 Å². The number of carbonyl (C=O) groups is 2. The molecule has 2 amide bonds. The highest BCUT2D eigenvalue weighted by molar-refractivity contribution is 5.89. The van der Waals surface area contributed by atoms with Gasteiger partial charge in [-0.15, -0.1) is 0 Å². The molecule has 3 N–H and O–H groups in total. The molecule has 0 bridgehead atoms. The van der Waals surface area contributed by atoms with Gasteiger partial charge < -0.3 is 15.6 Å². The Morgan fingerprint density at radius 1 is 1.23 bits per heavy atom. The second kappa shape index (κ2) is 8.61. The van der Waals surface area contributed by atoms with Gasteiger partial charge in [-0.1, -0.05) is 6.08 Å². The van der Waals surface area contributed by atoms with E-state index in [1.165, 1.54) is 12.1 Å². The maximum atomic E-state index is 13.5. The summed E-state index contributed by atoms with van der Waals surface area (Å²) in [6.45, 7) is 0.549. The Hall–Kier alpha value is -3.03. The van der Waals surface area contributed by atoms with Crippen LogP contribution in [-0.2, 0) is 16.0 Å². The summed E-state index contributed by atoms with van der Waals surface area (Å²) < 4.78 is 40.4. The molecule has 1 aliphatic carbocycles. The van der Waals surface area contributed by atoms with Crippen LogP contribution in [0.1, 0.15) is 43.4 Å². The first-order valence-corrected chi connectivity index (χ1v) is 10.4. The molecule has 0 spiro atoms. The largest absolute Gasteiger partial charge is 0.355 e. The van der Waals surface area contributed by atoms with E-state index in [-0.39, 0.29) is 43.3 Å². The Morgan fingerprint density at radius 2 is 2.00 bits per heavy atom. The number of aryl methyl sites for hydroxylation is 1. The van der Waals surface area contributed by atoms with Crippen LogP contribution in [0.4, 0.5) is 13.2 Å². The quantitative estimate of drug-likeness (QED) is 0.648. The van der Waals surface area contributed by atoms with E-state index in [0.29, 0.717) is 19.4 Å². The van der Waals surface area contributed by atoms with Crippen molar-refractivity contribution in [3.05, 3.63) is 53.5 Å². The molecule has 31 heavy (non-hydrogen) atoms. The maximum absolute atomic E-state index is 13.5. The fourth-order valence-electron chi connectivity index (χ4n) is 4.03. The number of alkyl halides is 2. The van der Waals surface area contributed by atoms with Crippen LogP contribution in [0.2, 0.25) is 0 Å². The summed E-state index contributed by atoms with van der Waals surface area (Å²) in [5.41, 5.74) is 3.87. The topological polar surface area (TPSA) is 74.0 Å². The van der Waals surface area contributed by atoms with Gasteiger partial charge in [0, 0.05) is 37.2 Å². The third-order valence-corrected chi connectivity index (χ3v) is 5.79. The molecule has 2 aromatic rings. The number of halogens is 3. The van der Waals surface area contributed by atoms with Crippen LogP contribution in [0.25, 0.3) is 16.8 Å². The van der Waals surface area contributed by atoms with Gasteiger partial charge in [-0.2, -0.15) is 0 Å². The van der Waals surface area contributed by atoms with Gasteiger partial charge in [0.2, 0.25) is 11.8 Å². The highest BCUT2D eigenvalue weighted by atomic mass is 19.3. The molecule has 1 fully saturated rings. The van der Waals surface area contributed by atoms with Crippen molar-refractivity contribution in [2.24, 2.45) is 0 Å². The molecule has 1 aliphatic heterocycles. The number of allylic oxidation sites excluding steroid dienone is 2. The molecule has 2 heterocycles. The van der Waals surface area contributed by atoms with E-state index in [9.17, 15) is 22.8 Å². The third-order valence-electron chi connectivity index (χ3n) is 5.79. The van der Waals surface area contributed by atoms with Crippen LogP contribution in [0.15, 0.2) is 36.4 Å². The molecular weight excluding hydrogens is 407 g/mol. The lowest BCUT2D eigenvalue weighted by Crippen LogP contribution is -2.40. The molecule has 0 radical (unpaired) electrons. The number of benzene rings is 1. The van der Waals surface area contributed by atoms with E-state index in [1.54, 1.807) is 18.2 Å². The lowest BCUT2D eigenvalue weighted by molar-refractivity contribution is -0.127. The maximum Gasteiger partial charge on any atom is 0.251 e. The van der Waals surface area contributed by atoms with E-state index in [2.05, 4.69) is 15.6 Å². The predicted octanol–water partition coefficient (Wildman–Crippen LogP) is 3.96. The summed E-state index contributed by atoms with van der Waals surface area (Å²) in [6, 6.07) is 7.36. The van der Waals surface area contributed by atoms with Crippen molar-refractivity contribution in [3.8, 4) is 11.3 Å². The zero-order valence-electron chi connectivity index (χ0n) is 16.9. The Labute approximate surface area is 178 Å².